The number of thiophene rings is 1. The van der Waals surface area contributed by atoms with Gasteiger partial charge in [0.25, 0.3) is 0 Å². The summed E-state index contributed by atoms with van der Waals surface area (Å²) in [6, 6.07) is 4.13. The SMILES string of the molecule is CCNCC1CCc2nc(-c3ccc(Br)s3)ncc2C1. The Morgan fingerprint density at radius 3 is 3.10 bits per heavy atom. The van der Waals surface area contributed by atoms with Crippen LogP contribution in [-0.2, 0) is 12.8 Å². The van der Waals surface area contributed by atoms with Crippen LogP contribution in [0.25, 0.3) is 10.7 Å². The maximum Gasteiger partial charge on any atom is 0.169 e. The number of nitrogens with zero attached hydrogens (tertiary/aromatic N) is 2. The molecule has 1 unspecified atom stereocenters. The minimum absolute atomic E-state index is 0.729. The van der Waals surface area contributed by atoms with Crippen molar-refractivity contribution in [2.75, 3.05) is 13.1 Å². The van der Waals surface area contributed by atoms with Gasteiger partial charge in [0.1, 0.15) is 0 Å². The molecule has 0 aromatic carbocycles. The van der Waals surface area contributed by atoms with E-state index in [4.69, 9.17) is 4.98 Å². The Kier molecular flexibility index (Phi) is 4.48. The summed E-state index contributed by atoms with van der Waals surface area (Å²) >= 11 is 5.18. The first-order valence-corrected chi connectivity index (χ1v) is 8.68. The van der Waals surface area contributed by atoms with Crippen molar-refractivity contribution < 1.29 is 0 Å². The molecule has 2 aromatic rings. The number of hydrogen-bond acceptors (Lipinski definition) is 4. The predicted molar refractivity (Wildman–Crippen MR) is 87.1 cm³/mol. The molecule has 0 saturated carbocycles. The Hall–Kier alpha value is -0.780. The van der Waals surface area contributed by atoms with E-state index < -0.39 is 0 Å². The van der Waals surface area contributed by atoms with Crippen LogP contribution in [0.5, 0.6) is 0 Å². The van der Waals surface area contributed by atoms with Crippen molar-refractivity contribution in [1.82, 2.24) is 15.3 Å². The molecule has 0 bridgehead atoms. The average Bonchev–Trinajstić information content (AvgIpc) is 2.91. The molecular weight excluding hydrogens is 334 g/mol. The molecule has 0 amide bonds. The lowest BCUT2D eigenvalue weighted by atomic mass is 9.87. The monoisotopic (exact) mass is 351 g/mol. The van der Waals surface area contributed by atoms with E-state index in [9.17, 15) is 0 Å². The number of hydrogen-bond donors (Lipinski definition) is 1. The maximum absolute atomic E-state index is 4.77. The Morgan fingerprint density at radius 1 is 1.45 bits per heavy atom. The summed E-state index contributed by atoms with van der Waals surface area (Å²) < 4.78 is 1.12. The fourth-order valence-electron chi connectivity index (χ4n) is 2.66. The number of aromatic nitrogens is 2. The number of rotatable bonds is 4. The summed E-state index contributed by atoms with van der Waals surface area (Å²) in [5.41, 5.74) is 2.57. The summed E-state index contributed by atoms with van der Waals surface area (Å²) in [4.78, 5) is 10.5. The van der Waals surface area contributed by atoms with Crippen molar-refractivity contribution in [3.05, 3.63) is 33.4 Å². The Labute approximate surface area is 132 Å². The normalized spacial score (nSPS) is 18.0. The lowest BCUT2D eigenvalue weighted by Crippen LogP contribution is -2.27. The molecule has 1 atom stereocenters. The van der Waals surface area contributed by atoms with Crippen molar-refractivity contribution >= 4 is 27.3 Å². The third-order valence-electron chi connectivity index (χ3n) is 3.73. The molecule has 3 nitrogen and oxygen atoms in total. The molecule has 1 N–H and O–H groups in total. The van der Waals surface area contributed by atoms with Crippen molar-refractivity contribution in [1.29, 1.82) is 0 Å². The van der Waals surface area contributed by atoms with Gasteiger partial charge in [-0.3, -0.25) is 0 Å². The van der Waals surface area contributed by atoms with E-state index in [1.165, 1.54) is 17.7 Å². The molecule has 106 valence electrons. The first-order chi connectivity index (χ1) is 9.76. The summed E-state index contributed by atoms with van der Waals surface area (Å²) in [6.45, 7) is 4.31. The summed E-state index contributed by atoms with van der Waals surface area (Å²) in [5.74, 6) is 1.59. The van der Waals surface area contributed by atoms with E-state index >= 15 is 0 Å². The van der Waals surface area contributed by atoms with Gasteiger partial charge in [0.15, 0.2) is 5.82 Å². The topological polar surface area (TPSA) is 37.8 Å². The zero-order chi connectivity index (χ0) is 13.9. The second-order valence-electron chi connectivity index (χ2n) is 5.19. The van der Waals surface area contributed by atoms with E-state index in [0.717, 1.165) is 46.3 Å². The van der Waals surface area contributed by atoms with Crippen molar-refractivity contribution in [3.63, 3.8) is 0 Å². The molecule has 0 radical (unpaired) electrons. The van der Waals surface area contributed by atoms with Crippen LogP contribution in [-0.4, -0.2) is 23.1 Å². The highest BCUT2D eigenvalue weighted by molar-refractivity contribution is 9.11. The molecule has 2 aromatic heterocycles. The summed E-state index contributed by atoms with van der Waals surface area (Å²) in [7, 11) is 0. The Morgan fingerprint density at radius 2 is 2.35 bits per heavy atom. The standard InChI is InChI=1S/C15H18BrN3S/c1-2-17-8-10-3-4-12-11(7-10)9-18-15(19-12)13-5-6-14(16)20-13/h5-6,9-10,17H,2-4,7-8H2,1H3. The molecular formula is C15H18BrN3S. The fraction of sp³-hybridized carbons (Fsp3) is 0.467. The van der Waals surface area contributed by atoms with Crippen LogP contribution < -0.4 is 5.32 Å². The van der Waals surface area contributed by atoms with E-state index in [-0.39, 0.29) is 0 Å². The zero-order valence-electron chi connectivity index (χ0n) is 11.5. The van der Waals surface area contributed by atoms with Crippen molar-refractivity contribution in [2.24, 2.45) is 5.92 Å². The average molecular weight is 352 g/mol. The molecule has 0 fully saturated rings. The highest BCUT2D eigenvalue weighted by atomic mass is 79.9. The van der Waals surface area contributed by atoms with E-state index in [0.29, 0.717) is 0 Å². The maximum atomic E-state index is 4.77. The van der Waals surface area contributed by atoms with Gasteiger partial charge in [-0.15, -0.1) is 11.3 Å². The molecule has 0 spiro atoms. The lowest BCUT2D eigenvalue weighted by Gasteiger charge is -2.23. The van der Waals surface area contributed by atoms with Gasteiger partial charge < -0.3 is 5.32 Å². The van der Waals surface area contributed by atoms with Gasteiger partial charge in [-0.25, -0.2) is 9.97 Å². The Bertz CT molecular complexity index is 597. The van der Waals surface area contributed by atoms with Crippen LogP contribution >= 0.6 is 27.3 Å². The molecule has 1 aliphatic rings. The van der Waals surface area contributed by atoms with Gasteiger partial charge in [0.2, 0.25) is 0 Å². The molecule has 20 heavy (non-hydrogen) atoms. The van der Waals surface area contributed by atoms with Gasteiger partial charge in [-0.05, 0) is 71.9 Å². The van der Waals surface area contributed by atoms with Crippen LogP contribution in [0.15, 0.2) is 22.1 Å². The molecule has 5 heteroatoms. The smallest absolute Gasteiger partial charge is 0.169 e. The third kappa shape index (κ3) is 3.10. The number of halogens is 1. The van der Waals surface area contributed by atoms with Crippen molar-refractivity contribution in [3.8, 4) is 10.7 Å². The highest BCUT2D eigenvalue weighted by Crippen LogP contribution is 2.31. The zero-order valence-corrected chi connectivity index (χ0v) is 13.9. The van der Waals surface area contributed by atoms with Gasteiger partial charge in [-0.2, -0.15) is 0 Å². The number of nitrogens with one attached hydrogen (secondary N) is 1. The minimum Gasteiger partial charge on any atom is -0.317 e. The molecule has 1 aliphatic carbocycles. The first kappa shape index (κ1) is 14.2. The first-order valence-electron chi connectivity index (χ1n) is 7.07. The molecule has 2 heterocycles. The van der Waals surface area contributed by atoms with Gasteiger partial charge in [0, 0.05) is 11.9 Å². The van der Waals surface area contributed by atoms with Crippen LogP contribution in [0.1, 0.15) is 24.6 Å². The van der Waals surface area contributed by atoms with E-state index in [1.807, 2.05) is 6.20 Å². The minimum atomic E-state index is 0.729. The largest absolute Gasteiger partial charge is 0.317 e. The number of aryl methyl sites for hydroxylation is 1. The van der Waals surface area contributed by atoms with Gasteiger partial charge in [-0.1, -0.05) is 6.92 Å². The molecule has 3 rings (SSSR count). The van der Waals surface area contributed by atoms with Gasteiger partial charge in [0.05, 0.1) is 8.66 Å². The van der Waals surface area contributed by atoms with Crippen LogP contribution in [0.2, 0.25) is 0 Å². The summed E-state index contributed by atoms with van der Waals surface area (Å²) in [5, 5.41) is 3.44. The highest BCUT2D eigenvalue weighted by Gasteiger charge is 2.20. The summed E-state index contributed by atoms with van der Waals surface area (Å²) in [6.07, 6.45) is 5.44. The molecule has 0 aliphatic heterocycles. The van der Waals surface area contributed by atoms with Crippen LogP contribution in [0.3, 0.4) is 0 Å². The third-order valence-corrected chi connectivity index (χ3v) is 5.35. The van der Waals surface area contributed by atoms with E-state index in [1.54, 1.807) is 11.3 Å². The van der Waals surface area contributed by atoms with Gasteiger partial charge >= 0.3 is 0 Å². The molecule has 0 saturated heterocycles. The van der Waals surface area contributed by atoms with Crippen LogP contribution in [0.4, 0.5) is 0 Å². The fourth-order valence-corrected chi connectivity index (χ4v) is 3.99. The van der Waals surface area contributed by atoms with Crippen LogP contribution in [0, 0.1) is 5.92 Å². The van der Waals surface area contributed by atoms with E-state index in [2.05, 4.69) is 45.3 Å². The second-order valence-corrected chi connectivity index (χ2v) is 7.65. The number of fused-ring (bicyclic) bond motifs is 1. The second kappa shape index (κ2) is 6.33. The van der Waals surface area contributed by atoms with Crippen molar-refractivity contribution in [2.45, 2.75) is 26.2 Å². The lowest BCUT2D eigenvalue weighted by molar-refractivity contribution is 0.425. The Balaban J connectivity index is 1.78. The predicted octanol–water partition coefficient (Wildman–Crippen LogP) is 3.68. The quantitative estimate of drug-likeness (QED) is 0.912.